The van der Waals surface area contributed by atoms with Gasteiger partial charge in [0.1, 0.15) is 5.41 Å². The molecular weight excluding hydrogens is 264 g/mol. The minimum absolute atomic E-state index is 0.163. The van der Waals surface area contributed by atoms with Gasteiger partial charge in [-0.1, -0.05) is 26.8 Å². The fourth-order valence-electron chi connectivity index (χ4n) is 2.28. The number of imide groups is 2. The topological polar surface area (TPSA) is 75.3 Å². The second-order valence-electron chi connectivity index (χ2n) is 5.07. The fourth-order valence-corrected chi connectivity index (χ4v) is 3.30. The summed E-state index contributed by atoms with van der Waals surface area (Å²) in [7, 11) is 0. The Morgan fingerprint density at radius 2 is 1.74 bits per heavy atom. The number of hydrogen-bond donors (Lipinski definition) is 2. The smallest absolute Gasteiger partial charge is 0.277 e. The molecule has 6 heteroatoms. The minimum atomic E-state index is -1.20. The van der Waals surface area contributed by atoms with Gasteiger partial charge in [0.2, 0.25) is 11.8 Å². The van der Waals surface area contributed by atoms with E-state index in [2.05, 4.69) is 17.2 Å². The lowest BCUT2D eigenvalue weighted by Crippen LogP contribution is -2.65. The first-order chi connectivity index (χ1) is 8.84. The highest BCUT2D eigenvalue weighted by molar-refractivity contribution is 8.00. The number of barbiturate groups is 1. The van der Waals surface area contributed by atoms with Crippen molar-refractivity contribution in [1.82, 2.24) is 10.6 Å². The van der Waals surface area contributed by atoms with Gasteiger partial charge in [0.25, 0.3) is 0 Å². The van der Waals surface area contributed by atoms with Crippen LogP contribution in [0.2, 0.25) is 0 Å². The molecule has 1 saturated heterocycles. The number of carbonyl (C=O) groups is 3. The van der Waals surface area contributed by atoms with Gasteiger partial charge in [0.15, 0.2) is 0 Å². The van der Waals surface area contributed by atoms with Crippen LogP contribution in [0.4, 0.5) is 4.79 Å². The van der Waals surface area contributed by atoms with Gasteiger partial charge in [-0.15, -0.1) is 6.58 Å². The maximum atomic E-state index is 12.2. The largest absolute Gasteiger partial charge is 0.328 e. The number of rotatable bonds is 6. The molecule has 2 N–H and O–H groups in total. The van der Waals surface area contributed by atoms with Crippen molar-refractivity contribution >= 4 is 29.6 Å². The molecule has 1 rings (SSSR count). The summed E-state index contributed by atoms with van der Waals surface area (Å²) < 4.78 is 0. The number of nitrogens with one attached hydrogen (secondary N) is 2. The predicted octanol–water partition coefficient (Wildman–Crippen LogP) is 1.69. The number of urea groups is 1. The Morgan fingerprint density at radius 3 is 2.16 bits per heavy atom. The SMILES string of the molecule is C=CCSC(C)C1(CC(C)C)C(=O)NC(=O)NC1=O. The summed E-state index contributed by atoms with van der Waals surface area (Å²) in [6, 6.07) is -0.740. The van der Waals surface area contributed by atoms with Gasteiger partial charge in [0.05, 0.1) is 0 Å². The Hall–Kier alpha value is -1.30. The van der Waals surface area contributed by atoms with Crippen LogP contribution in [0, 0.1) is 11.3 Å². The second kappa shape index (κ2) is 6.23. The Bertz CT molecular complexity index is 387. The third-order valence-corrected chi connectivity index (χ3v) is 4.48. The van der Waals surface area contributed by atoms with Crippen LogP contribution in [0.3, 0.4) is 0 Å². The molecule has 0 aromatic carbocycles. The summed E-state index contributed by atoms with van der Waals surface area (Å²) in [5, 5.41) is 4.19. The van der Waals surface area contributed by atoms with E-state index in [0.717, 1.165) is 0 Å². The zero-order chi connectivity index (χ0) is 14.6. The Kier molecular flexibility index (Phi) is 5.17. The predicted molar refractivity (Wildman–Crippen MR) is 75.7 cm³/mol. The van der Waals surface area contributed by atoms with E-state index in [4.69, 9.17) is 0 Å². The molecule has 0 radical (unpaired) electrons. The molecule has 0 bridgehead atoms. The van der Waals surface area contributed by atoms with Crippen LogP contribution in [0.15, 0.2) is 12.7 Å². The molecule has 106 valence electrons. The molecule has 1 unspecified atom stereocenters. The van der Waals surface area contributed by atoms with E-state index in [0.29, 0.717) is 12.2 Å². The van der Waals surface area contributed by atoms with Crippen LogP contribution in [0.25, 0.3) is 0 Å². The van der Waals surface area contributed by atoms with Crippen molar-refractivity contribution in [2.45, 2.75) is 32.4 Å². The lowest BCUT2D eigenvalue weighted by Gasteiger charge is -2.39. The maximum Gasteiger partial charge on any atom is 0.328 e. The Balaban J connectivity index is 3.10. The molecule has 19 heavy (non-hydrogen) atoms. The Morgan fingerprint density at radius 1 is 1.21 bits per heavy atom. The van der Waals surface area contributed by atoms with Gasteiger partial charge in [-0.3, -0.25) is 20.2 Å². The van der Waals surface area contributed by atoms with Crippen LogP contribution in [0.5, 0.6) is 0 Å². The molecule has 0 aromatic heterocycles. The lowest BCUT2D eigenvalue weighted by molar-refractivity contribution is -0.145. The molecule has 1 heterocycles. The molecule has 1 fully saturated rings. The number of amides is 4. The lowest BCUT2D eigenvalue weighted by atomic mass is 9.75. The highest BCUT2D eigenvalue weighted by atomic mass is 32.2. The van der Waals surface area contributed by atoms with Gasteiger partial charge in [-0.25, -0.2) is 4.79 Å². The van der Waals surface area contributed by atoms with E-state index in [9.17, 15) is 14.4 Å². The second-order valence-corrected chi connectivity index (χ2v) is 6.44. The van der Waals surface area contributed by atoms with Crippen molar-refractivity contribution in [3.05, 3.63) is 12.7 Å². The average molecular weight is 284 g/mol. The third-order valence-electron chi connectivity index (χ3n) is 3.15. The summed E-state index contributed by atoms with van der Waals surface area (Å²) in [5.74, 6) is -0.190. The molecule has 5 nitrogen and oxygen atoms in total. The first kappa shape index (κ1) is 15.8. The molecular formula is C13H20N2O3S. The van der Waals surface area contributed by atoms with Crippen molar-refractivity contribution in [2.24, 2.45) is 11.3 Å². The van der Waals surface area contributed by atoms with Crippen molar-refractivity contribution in [1.29, 1.82) is 0 Å². The molecule has 1 atom stereocenters. The first-order valence-corrected chi connectivity index (χ1v) is 7.28. The highest BCUT2D eigenvalue weighted by Gasteiger charge is 2.54. The number of carbonyl (C=O) groups excluding carboxylic acids is 3. The van der Waals surface area contributed by atoms with Crippen LogP contribution in [0.1, 0.15) is 27.2 Å². The van der Waals surface area contributed by atoms with E-state index in [1.165, 1.54) is 11.8 Å². The molecule has 1 aliphatic heterocycles. The number of hydrogen-bond acceptors (Lipinski definition) is 4. The van der Waals surface area contributed by atoms with Crippen molar-refractivity contribution in [2.75, 3.05) is 5.75 Å². The van der Waals surface area contributed by atoms with Crippen LogP contribution < -0.4 is 10.6 Å². The third kappa shape index (κ3) is 3.18. The van der Waals surface area contributed by atoms with Crippen LogP contribution in [-0.4, -0.2) is 28.8 Å². The summed E-state index contributed by atoms with van der Waals surface area (Å²) in [6.07, 6.45) is 2.14. The van der Waals surface area contributed by atoms with Gasteiger partial charge >= 0.3 is 6.03 Å². The average Bonchev–Trinajstić information content (AvgIpc) is 2.30. The molecule has 0 spiro atoms. The normalized spacial score (nSPS) is 19.9. The van der Waals surface area contributed by atoms with E-state index in [1.807, 2.05) is 20.8 Å². The van der Waals surface area contributed by atoms with Gasteiger partial charge < -0.3 is 0 Å². The monoisotopic (exact) mass is 284 g/mol. The van der Waals surface area contributed by atoms with Crippen molar-refractivity contribution in [3.8, 4) is 0 Å². The summed E-state index contributed by atoms with van der Waals surface area (Å²) in [4.78, 5) is 35.7. The van der Waals surface area contributed by atoms with Crippen molar-refractivity contribution in [3.63, 3.8) is 0 Å². The Labute approximate surface area is 117 Å². The molecule has 0 saturated carbocycles. The maximum absolute atomic E-state index is 12.2. The quantitative estimate of drug-likeness (QED) is 0.575. The summed E-state index contributed by atoms with van der Waals surface area (Å²) >= 11 is 1.48. The molecule has 1 aliphatic rings. The summed E-state index contributed by atoms with van der Waals surface area (Å²) in [6.45, 7) is 9.37. The van der Waals surface area contributed by atoms with Crippen LogP contribution in [-0.2, 0) is 9.59 Å². The number of thioether (sulfide) groups is 1. The molecule has 4 amide bonds. The first-order valence-electron chi connectivity index (χ1n) is 6.24. The molecule has 0 aliphatic carbocycles. The van der Waals surface area contributed by atoms with Crippen LogP contribution >= 0.6 is 11.8 Å². The molecule has 0 aromatic rings. The zero-order valence-electron chi connectivity index (χ0n) is 11.5. The standard InChI is InChI=1S/C13H20N2O3S/c1-5-6-19-9(4)13(7-8(2)3)10(16)14-12(18)15-11(13)17/h5,8-9H,1,6-7H2,2-4H3,(H2,14,15,16,17,18). The van der Waals surface area contributed by atoms with Gasteiger partial charge in [-0.2, -0.15) is 11.8 Å². The van der Waals surface area contributed by atoms with E-state index >= 15 is 0 Å². The highest BCUT2D eigenvalue weighted by Crippen LogP contribution is 2.39. The van der Waals surface area contributed by atoms with E-state index in [-0.39, 0.29) is 11.2 Å². The zero-order valence-corrected chi connectivity index (χ0v) is 12.3. The van der Waals surface area contributed by atoms with E-state index < -0.39 is 23.3 Å². The van der Waals surface area contributed by atoms with Crippen molar-refractivity contribution < 1.29 is 14.4 Å². The minimum Gasteiger partial charge on any atom is -0.277 e. The van der Waals surface area contributed by atoms with Gasteiger partial charge in [-0.05, 0) is 12.3 Å². The fraction of sp³-hybridized carbons (Fsp3) is 0.615. The summed E-state index contributed by atoms with van der Waals surface area (Å²) in [5.41, 5.74) is -1.20. The van der Waals surface area contributed by atoms with Gasteiger partial charge in [0, 0.05) is 11.0 Å². The van der Waals surface area contributed by atoms with E-state index in [1.54, 1.807) is 6.08 Å².